The molecule has 2 aromatic carbocycles. The van der Waals surface area contributed by atoms with E-state index in [1.165, 1.54) is 43.6 Å². The standard InChI is InChI=1S/C21H14ClF3N2O5/c1-31-17-10-12(22)5-7-16(17)32-15-6-4-11(21(23,24)25)9-13(15)19(28)27-14-3-2-8-26-18(14)20(29)30/h2-10H,1H3,(H,27,28)(H,29,30). The molecule has 0 unspecified atom stereocenters. The fourth-order valence-corrected chi connectivity index (χ4v) is 2.85. The lowest BCUT2D eigenvalue weighted by molar-refractivity contribution is -0.137. The van der Waals surface area contributed by atoms with Crippen molar-refractivity contribution in [2.45, 2.75) is 6.18 Å². The van der Waals surface area contributed by atoms with Gasteiger partial charge in [0.05, 0.1) is 23.9 Å². The zero-order chi connectivity index (χ0) is 23.5. The number of carboxylic acids is 1. The molecule has 1 aromatic heterocycles. The maximum Gasteiger partial charge on any atom is 0.416 e. The molecule has 1 amide bonds. The summed E-state index contributed by atoms with van der Waals surface area (Å²) >= 11 is 5.90. The average Bonchev–Trinajstić information content (AvgIpc) is 2.74. The maximum absolute atomic E-state index is 13.3. The molecule has 0 radical (unpaired) electrons. The van der Waals surface area contributed by atoms with E-state index in [1.54, 1.807) is 0 Å². The Morgan fingerprint density at radius 2 is 1.78 bits per heavy atom. The molecule has 0 aliphatic heterocycles. The van der Waals surface area contributed by atoms with Crippen LogP contribution in [0.15, 0.2) is 54.7 Å². The van der Waals surface area contributed by atoms with E-state index in [0.29, 0.717) is 11.1 Å². The number of methoxy groups -OCH3 is 1. The lowest BCUT2D eigenvalue weighted by atomic mass is 10.1. The fourth-order valence-electron chi connectivity index (χ4n) is 2.68. The van der Waals surface area contributed by atoms with E-state index in [-0.39, 0.29) is 22.9 Å². The molecule has 0 atom stereocenters. The number of halogens is 4. The van der Waals surface area contributed by atoms with Gasteiger partial charge in [0, 0.05) is 17.3 Å². The molecule has 0 saturated carbocycles. The zero-order valence-electron chi connectivity index (χ0n) is 16.2. The SMILES string of the molecule is COc1cc(Cl)ccc1Oc1ccc(C(F)(F)F)cc1C(=O)Nc1cccnc1C(=O)O. The quantitative estimate of drug-likeness (QED) is 0.497. The number of aromatic nitrogens is 1. The van der Waals surface area contributed by atoms with Crippen molar-refractivity contribution in [2.75, 3.05) is 12.4 Å². The molecule has 0 aliphatic carbocycles. The summed E-state index contributed by atoms with van der Waals surface area (Å²) in [5, 5.41) is 11.8. The normalized spacial score (nSPS) is 11.0. The Labute approximate surface area is 184 Å². The molecule has 7 nitrogen and oxygen atoms in total. The van der Waals surface area contributed by atoms with E-state index >= 15 is 0 Å². The Morgan fingerprint density at radius 3 is 2.44 bits per heavy atom. The predicted octanol–water partition coefficient (Wildman–Crippen LogP) is 5.51. The number of carbonyl (C=O) groups is 2. The fraction of sp³-hybridized carbons (Fsp3) is 0.0952. The number of anilines is 1. The number of aromatic carboxylic acids is 1. The summed E-state index contributed by atoms with van der Waals surface area (Å²) in [5.74, 6) is -2.40. The van der Waals surface area contributed by atoms with E-state index in [9.17, 15) is 27.9 Å². The summed E-state index contributed by atoms with van der Waals surface area (Å²) in [6, 6.07) is 9.27. The van der Waals surface area contributed by atoms with Crippen LogP contribution in [0.25, 0.3) is 0 Å². The number of rotatable bonds is 6. The van der Waals surface area contributed by atoms with Crippen molar-refractivity contribution < 1.29 is 37.3 Å². The highest BCUT2D eigenvalue weighted by Gasteiger charge is 2.32. The van der Waals surface area contributed by atoms with Crippen LogP contribution in [0.2, 0.25) is 5.02 Å². The van der Waals surface area contributed by atoms with Crippen LogP contribution in [0, 0.1) is 0 Å². The third-order valence-electron chi connectivity index (χ3n) is 4.16. The Kier molecular flexibility index (Phi) is 6.54. The van der Waals surface area contributed by atoms with Gasteiger partial charge in [-0.2, -0.15) is 13.2 Å². The second-order valence-electron chi connectivity index (χ2n) is 6.26. The molecule has 11 heteroatoms. The lowest BCUT2D eigenvalue weighted by Crippen LogP contribution is -2.17. The van der Waals surface area contributed by atoms with Crippen molar-refractivity contribution in [2.24, 2.45) is 0 Å². The minimum Gasteiger partial charge on any atom is -0.493 e. The smallest absolute Gasteiger partial charge is 0.416 e. The van der Waals surface area contributed by atoms with Gasteiger partial charge in [0.1, 0.15) is 5.75 Å². The van der Waals surface area contributed by atoms with Crippen molar-refractivity contribution in [3.63, 3.8) is 0 Å². The number of carbonyl (C=O) groups excluding carboxylic acids is 1. The van der Waals surface area contributed by atoms with Crippen LogP contribution in [-0.2, 0) is 6.18 Å². The highest BCUT2D eigenvalue weighted by Crippen LogP contribution is 2.38. The maximum atomic E-state index is 13.3. The molecular weight excluding hydrogens is 453 g/mol. The number of pyridine rings is 1. The number of alkyl halides is 3. The molecule has 3 aromatic rings. The molecule has 0 fully saturated rings. The molecule has 166 valence electrons. The number of nitrogens with one attached hydrogen (secondary N) is 1. The predicted molar refractivity (Wildman–Crippen MR) is 109 cm³/mol. The summed E-state index contributed by atoms with van der Waals surface area (Å²) in [6.07, 6.45) is -3.53. The summed E-state index contributed by atoms with van der Waals surface area (Å²) in [7, 11) is 1.34. The van der Waals surface area contributed by atoms with Crippen LogP contribution in [0.5, 0.6) is 17.2 Å². The number of ether oxygens (including phenoxy) is 2. The summed E-state index contributed by atoms with van der Waals surface area (Å²) in [4.78, 5) is 27.8. The summed E-state index contributed by atoms with van der Waals surface area (Å²) in [5.41, 5.74) is -2.26. The molecule has 2 N–H and O–H groups in total. The van der Waals surface area contributed by atoms with Gasteiger partial charge >= 0.3 is 12.1 Å². The van der Waals surface area contributed by atoms with Crippen molar-refractivity contribution in [1.29, 1.82) is 0 Å². The highest BCUT2D eigenvalue weighted by atomic mass is 35.5. The first-order valence-electron chi connectivity index (χ1n) is 8.82. The topological polar surface area (TPSA) is 97.8 Å². The number of amides is 1. The summed E-state index contributed by atoms with van der Waals surface area (Å²) in [6.45, 7) is 0. The summed E-state index contributed by atoms with van der Waals surface area (Å²) < 4.78 is 50.6. The minimum absolute atomic E-state index is 0.0957. The van der Waals surface area contributed by atoms with Crippen LogP contribution in [-0.4, -0.2) is 29.1 Å². The molecule has 0 bridgehead atoms. The minimum atomic E-state index is -4.73. The van der Waals surface area contributed by atoms with Crippen LogP contribution < -0.4 is 14.8 Å². The first-order valence-corrected chi connectivity index (χ1v) is 9.20. The van der Waals surface area contributed by atoms with E-state index in [4.69, 9.17) is 21.1 Å². The number of hydrogen-bond donors (Lipinski definition) is 2. The van der Waals surface area contributed by atoms with Gasteiger partial charge in [0.15, 0.2) is 17.2 Å². The molecule has 0 spiro atoms. The van der Waals surface area contributed by atoms with Gasteiger partial charge in [-0.05, 0) is 42.5 Å². The van der Waals surface area contributed by atoms with Crippen LogP contribution in [0.1, 0.15) is 26.4 Å². The number of hydrogen-bond acceptors (Lipinski definition) is 5. The van der Waals surface area contributed by atoms with Crippen molar-refractivity contribution >= 4 is 29.2 Å². The Bertz CT molecular complexity index is 1180. The van der Waals surface area contributed by atoms with Crippen LogP contribution >= 0.6 is 11.6 Å². The van der Waals surface area contributed by atoms with Gasteiger partial charge in [-0.25, -0.2) is 9.78 Å². The molecule has 32 heavy (non-hydrogen) atoms. The van der Waals surface area contributed by atoms with Crippen LogP contribution in [0.4, 0.5) is 18.9 Å². The Balaban J connectivity index is 2.05. The molecule has 3 rings (SSSR count). The second-order valence-corrected chi connectivity index (χ2v) is 6.70. The highest BCUT2D eigenvalue weighted by molar-refractivity contribution is 6.30. The van der Waals surface area contributed by atoms with Crippen LogP contribution in [0.3, 0.4) is 0 Å². The first kappa shape index (κ1) is 22.9. The zero-order valence-corrected chi connectivity index (χ0v) is 17.0. The van der Waals surface area contributed by atoms with Crippen molar-refractivity contribution in [3.05, 3.63) is 76.6 Å². The largest absolute Gasteiger partial charge is 0.493 e. The number of nitrogens with zero attached hydrogens (tertiary/aromatic N) is 1. The Hall–Kier alpha value is -3.79. The third kappa shape index (κ3) is 5.09. The van der Waals surface area contributed by atoms with E-state index < -0.39 is 34.9 Å². The number of carboxylic acid groups (broad SMARTS) is 1. The van der Waals surface area contributed by atoms with Crippen molar-refractivity contribution in [3.8, 4) is 17.2 Å². The molecule has 0 aliphatic rings. The lowest BCUT2D eigenvalue weighted by Gasteiger charge is -2.16. The van der Waals surface area contributed by atoms with Gasteiger partial charge in [0.25, 0.3) is 5.91 Å². The monoisotopic (exact) mass is 466 g/mol. The molecule has 1 heterocycles. The first-order chi connectivity index (χ1) is 15.1. The van der Waals surface area contributed by atoms with Gasteiger partial charge in [-0.15, -0.1) is 0 Å². The number of benzene rings is 2. The van der Waals surface area contributed by atoms with E-state index in [0.717, 1.165) is 12.1 Å². The van der Waals surface area contributed by atoms with Gasteiger partial charge in [-0.1, -0.05) is 11.6 Å². The van der Waals surface area contributed by atoms with Crippen molar-refractivity contribution in [1.82, 2.24) is 4.98 Å². The molecular formula is C21H14ClF3N2O5. The Morgan fingerprint density at radius 1 is 1.06 bits per heavy atom. The average molecular weight is 467 g/mol. The second kappa shape index (κ2) is 9.15. The third-order valence-corrected chi connectivity index (χ3v) is 4.39. The van der Waals surface area contributed by atoms with E-state index in [2.05, 4.69) is 10.3 Å². The van der Waals surface area contributed by atoms with Gasteiger partial charge < -0.3 is 19.9 Å². The van der Waals surface area contributed by atoms with Gasteiger partial charge in [-0.3, -0.25) is 4.79 Å². The van der Waals surface area contributed by atoms with E-state index in [1.807, 2.05) is 0 Å². The molecule has 0 saturated heterocycles. The van der Waals surface area contributed by atoms with Gasteiger partial charge in [0.2, 0.25) is 0 Å².